The quantitative estimate of drug-likeness (QED) is 0.581. The molecule has 0 bridgehead atoms. The van der Waals surface area contributed by atoms with Gasteiger partial charge in [0.1, 0.15) is 15.6 Å². The standard InChI is InChI=1S/C12H20N2O3S/c1-3-17-12-8-10(13)7-11(9-12)14-5-4-6-18(2,15)16/h7-9,14H,3-6,13H2,1-2H3. The maximum absolute atomic E-state index is 11.0. The monoisotopic (exact) mass is 272 g/mol. The van der Waals surface area contributed by atoms with Crippen molar-refractivity contribution in [3.8, 4) is 5.75 Å². The van der Waals surface area contributed by atoms with E-state index in [2.05, 4.69) is 5.32 Å². The Morgan fingerprint density at radius 3 is 2.67 bits per heavy atom. The lowest BCUT2D eigenvalue weighted by atomic mass is 10.2. The van der Waals surface area contributed by atoms with E-state index in [9.17, 15) is 8.42 Å². The van der Waals surface area contributed by atoms with Crippen LogP contribution in [0.2, 0.25) is 0 Å². The SMILES string of the molecule is CCOc1cc(N)cc(NCCCS(C)(=O)=O)c1. The lowest BCUT2D eigenvalue weighted by Crippen LogP contribution is -2.10. The third-order valence-corrected chi connectivity index (χ3v) is 3.29. The van der Waals surface area contributed by atoms with Crippen LogP contribution in [0.15, 0.2) is 18.2 Å². The van der Waals surface area contributed by atoms with Crippen molar-refractivity contribution in [3.05, 3.63) is 18.2 Å². The van der Waals surface area contributed by atoms with Crippen LogP contribution in [0.3, 0.4) is 0 Å². The zero-order chi connectivity index (χ0) is 13.6. The Kier molecular flexibility index (Phi) is 5.27. The van der Waals surface area contributed by atoms with E-state index in [0.717, 1.165) is 5.69 Å². The average Bonchev–Trinajstić information content (AvgIpc) is 2.23. The summed E-state index contributed by atoms with van der Waals surface area (Å²) in [6, 6.07) is 5.40. The minimum atomic E-state index is -2.89. The molecule has 0 spiro atoms. The molecule has 3 N–H and O–H groups in total. The van der Waals surface area contributed by atoms with E-state index in [4.69, 9.17) is 10.5 Å². The van der Waals surface area contributed by atoms with Crippen molar-refractivity contribution < 1.29 is 13.2 Å². The van der Waals surface area contributed by atoms with E-state index in [1.165, 1.54) is 6.26 Å². The highest BCUT2D eigenvalue weighted by atomic mass is 32.2. The molecule has 0 radical (unpaired) electrons. The van der Waals surface area contributed by atoms with Gasteiger partial charge in [0.05, 0.1) is 12.4 Å². The first-order chi connectivity index (χ1) is 8.40. The predicted molar refractivity (Wildman–Crippen MR) is 74.8 cm³/mol. The Morgan fingerprint density at radius 1 is 1.33 bits per heavy atom. The molecule has 5 nitrogen and oxygen atoms in total. The summed E-state index contributed by atoms with van der Waals surface area (Å²) in [7, 11) is -2.89. The lowest BCUT2D eigenvalue weighted by Gasteiger charge is -2.10. The maximum atomic E-state index is 11.0. The number of nitrogens with one attached hydrogen (secondary N) is 1. The summed E-state index contributed by atoms with van der Waals surface area (Å²) >= 11 is 0. The van der Waals surface area contributed by atoms with E-state index in [0.29, 0.717) is 31.0 Å². The summed E-state index contributed by atoms with van der Waals surface area (Å²) in [5.74, 6) is 0.892. The summed E-state index contributed by atoms with van der Waals surface area (Å²) in [6.07, 6.45) is 1.80. The third kappa shape index (κ3) is 5.77. The van der Waals surface area contributed by atoms with E-state index in [1.807, 2.05) is 13.0 Å². The number of ether oxygens (including phenoxy) is 1. The first-order valence-corrected chi connectivity index (χ1v) is 7.91. The van der Waals surface area contributed by atoms with E-state index >= 15 is 0 Å². The van der Waals surface area contributed by atoms with Gasteiger partial charge in [-0.05, 0) is 19.4 Å². The van der Waals surface area contributed by atoms with Crippen molar-refractivity contribution >= 4 is 21.2 Å². The van der Waals surface area contributed by atoms with Crippen LogP contribution in [0.1, 0.15) is 13.3 Å². The third-order valence-electron chi connectivity index (χ3n) is 2.26. The van der Waals surface area contributed by atoms with Crippen LogP contribution in [-0.4, -0.2) is 33.6 Å². The van der Waals surface area contributed by atoms with Gasteiger partial charge in [-0.2, -0.15) is 0 Å². The van der Waals surface area contributed by atoms with Crippen molar-refractivity contribution in [2.45, 2.75) is 13.3 Å². The predicted octanol–water partition coefficient (Wildman–Crippen LogP) is 1.51. The van der Waals surface area contributed by atoms with Gasteiger partial charge in [0.15, 0.2) is 0 Å². The summed E-state index contributed by atoms with van der Waals surface area (Å²) < 4.78 is 27.3. The molecule has 0 atom stereocenters. The van der Waals surface area contributed by atoms with Gasteiger partial charge in [-0.3, -0.25) is 0 Å². The van der Waals surface area contributed by atoms with Gasteiger partial charge >= 0.3 is 0 Å². The Morgan fingerprint density at radius 2 is 2.06 bits per heavy atom. The molecule has 0 aromatic heterocycles. The second-order valence-electron chi connectivity index (χ2n) is 4.13. The summed E-state index contributed by atoms with van der Waals surface area (Å²) in [5.41, 5.74) is 7.20. The number of rotatable bonds is 7. The molecule has 0 aliphatic carbocycles. The molecule has 0 saturated heterocycles. The Hall–Kier alpha value is -1.43. The molecule has 1 rings (SSSR count). The minimum absolute atomic E-state index is 0.181. The molecule has 0 heterocycles. The summed E-state index contributed by atoms with van der Waals surface area (Å²) in [6.45, 7) is 3.07. The van der Waals surface area contributed by atoms with Crippen molar-refractivity contribution in [2.75, 3.05) is 36.2 Å². The van der Waals surface area contributed by atoms with Crippen LogP contribution >= 0.6 is 0 Å². The van der Waals surface area contributed by atoms with Gasteiger partial charge in [-0.25, -0.2) is 8.42 Å². The Bertz CT molecular complexity index is 486. The second kappa shape index (κ2) is 6.49. The van der Waals surface area contributed by atoms with E-state index < -0.39 is 9.84 Å². The molecular weight excluding hydrogens is 252 g/mol. The largest absolute Gasteiger partial charge is 0.494 e. The van der Waals surface area contributed by atoms with Crippen molar-refractivity contribution in [1.82, 2.24) is 0 Å². The highest BCUT2D eigenvalue weighted by molar-refractivity contribution is 7.90. The molecule has 1 aromatic rings. The number of hydrogen-bond donors (Lipinski definition) is 2. The molecule has 18 heavy (non-hydrogen) atoms. The molecule has 0 amide bonds. The average molecular weight is 272 g/mol. The van der Waals surface area contributed by atoms with Crippen molar-refractivity contribution in [3.63, 3.8) is 0 Å². The maximum Gasteiger partial charge on any atom is 0.147 e. The van der Waals surface area contributed by atoms with Crippen molar-refractivity contribution in [2.24, 2.45) is 0 Å². The van der Waals surface area contributed by atoms with Crippen LogP contribution in [-0.2, 0) is 9.84 Å². The molecule has 6 heteroatoms. The normalized spacial score (nSPS) is 11.2. The van der Waals surface area contributed by atoms with Gasteiger partial charge in [0.25, 0.3) is 0 Å². The van der Waals surface area contributed by atoms with Gasteiger partial charge in [0, 0.05) is 36.3 Å². The first-order valence-electron chi connectivity index (χ1n) is 5.85. The van der Waals surface area contributed by atoms with Crippen LogP contribution in [0.25, 0.3) is 0 Å². The smallest absolute Gasteiger partial charge is 0.147 e. The molecule has 0 fully saturated rings. The summed E-state index contributed by atoms with van der Waals surface area (Å²) in [4.78, 5) is 0. The van der Waals surface area contributed by atoms with Crippen LogP contribution in [0.4, 0.5) is 11.4 Å². The highest BCUT2D eigenvalue weighted by Crippen LogP contribution is 2.22. The first kappa shape index (κ1) is 14.6. The van der Waals surface area contributed by atoms with Gasteiger partial charge in [0.2, 0.25) is 0 Å². The van der Waals surface area contributed by atoms with Crippen LogP contribution in [0.5, 0.6) is 5.75 Å². The fraction of sp³-hybridized carbons (Fsp3) is 0.500. The van der Waals surface area contributed by atoms with Gasteiger partial charge in [-0.1, -0.05) is 0 Å². The number of benzene rings is 1. The Labute approximate surface area is 108 Å². The fourth-order valence-corrected chi connectivity index (χ4v) is 2.21. The molecule has 0 unspecified atom stereocenters. The van der Waals surface area contributed by atoms with Crippen LogP contribution in [0, 0.1) is 0 Å². The highest BCUT2D eigenvalue weighted by Gasteiger charge is 2.02. The van der Waals surface area contributed by atoms with E-state index in [-0.39, 0.29) is 5.75 Å². The zero-order valence-electron chi connectivity index (χ0n) is 10.8. The van der Waals surface area contributed by atoms with Crippen molar-refractivity contribution in [1.29, 1.82) is 0 Å². The minimum Gasteiger partial charge on any atom is -0.494 e. The second-order valence-corrected chi connectivity index (χ2v) is 6.39. The summed E-state index contributed by atoms with van der Waals surface area (Å²) in [5, 5.41) is 3.13. The Balaban J connectivity index is 2.51. The zero-order valence-corrected chi connectivity index (χ0v) is 11.6. The number of hydrogen-bond acceptors (Lipinski definition) is 5. The molecule has 0 aliphatic heterocycles. The fourth-order valence-electron chi connectivity index (χ4n) is 1.54. The molecule has 0 saturated carbocycles. The van der Waals surface area contributed by atoms with E-state index in [1.54, 1.807) is 12.1 Å². The van der Waals surface area contributed by atoms with Crippen LogP contribution < -0.4 is 15.8 Å². The molecule has 1 aromatic carbocycles. The number of sulfone groups is 1. The number of anilines is 2. The van der Waals surface area contributed by atoms with Gasteiger partial charge in [-0.15, -0.1) is 0 Å². The molecule has 102 valence electrons. The molecule has 0 aliphatic rings. The van der Waals surface area contributed by atoms with Gasteiger partial charge < -0.3 is 15.8 Å². The number of nitrogens with two attached hydrogens (primary N) is 1. The lowest BCUT2D eigenvalue weighted by molar-refractivity contribution is 0.340. The molecular formula is C12H20N2O3S. The number of nitrogen functional groups attached to an aromatic ring is 1. The topological polar surface area (TPSA) is 81.4 Å².